The van der Waals surface area contributed by atoms with E-state index >= 15 is 0 Å². The molecule has 3 aromatic rings. The van der Waals surface area contributed by atoms with Crippen LogP contribution < -0.4 is 10.1 Å². The van der Waals surface area contributed by atoms with E-state index in [2.05, 4.69) is 5.32 Å². The Labute approximate surface area is 177 Å². The van der Waals surface area contributed by atoms with Crippen molar-refractivity contribution in [1.29, 1.82) is 0 Å². The molecule has 3 aromatic carbocycles. The summed E-state index contributed by atoms with van der Waals surface area (Å²) in [5, 5.41) is 11.0. The van der Waals surface area contributed by atoms with Crippen molar-refractivity contribution in [3.63, 3.8) is 0 Å². The first kappa shape index (κ1) is 21.3. The molecule has 0 spiro atoms. The van der Waals surface area contributed by atoms with Crippen molar-refractivity contribution < 1.29 is 23.6 Å². The molecule has 7 heteroatoms. The molecule has 0 fully saturated rings. The molecule has 2 unspecified atom stereocenters. The van der Waals surface area contributed by atoms with Crippen LogP contribution >= 0.6 is 0 Å². The molecule has 0 aliphatic heterocycles. The van der Waals surface area contributed by atoms with Crippen LogP contribution in [0, 0.1) is 0 Å². The fraction of sp³-hybridized carbons (Fsp3) is 0.130. The second kappa shape index (κ2) is 9.84. The number of hydrogen-bond donors (Lipinski definition) is 2. The summed E-state index contributed by atoms with van der Waals surface area (Å²) in [6, 6.07) is 22.5. The summed E-state index contributed by atoms with van der Waals surface area (Å²) in [6.45, 7) is 1.58. The minimum absolute atomic E-state index is 0.0968. The second-order valence-electron chi connectivity index (χ2n) is 6.60. The average Bonchev–Trinajstić information content (AvgIpc) is 2.75. The van der Waals surface area contributed by atoms with Gasteiger partial charge in [0.1, 0.15) is 16.7 Å². The summed E-state index contributed by atoms with van der Waals surface area (Å²) < 4.78 is 18.3. The van der Waals surface area contributed by atoms with Crippen LogP contribution in [0.2, 0.25) is 0 Å². The van der Waals surface area contributed by atoms with E-state index in [1.165, 1.54) is 12.1 Å². The third-order valence-electron chi connectivity index (χ3n) is 4.35. The Bertz CT molecular complexity index is 1050. The molecule has 30 heavy (non-hydrogen) atoms. The highest BCUT2D eigenvalue weighted by Gasteiger charge is 2.20. The van der Waals surface area contributed by atoms with Crippen molar-refractivity contribution >= 4 is 28.4 Å². The molecule has 0 heterocycles. The van der Waals surface area contributed by atoms with Crippen LogP contribution in [0.3, 0.4) is 0 Å². The van der Waals surface area contributed by atoms with Crippen LogP contribution in [-0.2, 0) is 21.3 Å². The van der Waals surface area contributed by atoms with Crippen LogP contribution in [0.15, 0.2) is 78.9 Å². The summed E-state index contributed by atoms with van der Waals surface area (Å²) in [7, 11) is -1.50. The number of carboxylic acids is 1. The molecule has 2 N–H and O–H groups in total. The molecule has 2 atom stereocenters. The molecular weight excluding hydrogens is 402 g/mol. The van der Waals surface area contributed by atoms with Crippen LogP contribution in [0.25, 0.3) is 0 Å². The number of carbonyl (C=O) groups excluding carboxylic acids is 1. The van der Waals surface area contributed by atoms with Gasteiger partial charge in [-0.1, -0.05) is 30.3 Å². The van der Waals surface area contributed by atoms with Gasteiger partial charge < -0.3 is 15.2 Å². The summed E-state index contributed by atoms with van der Waals surface area (Å²) in [5.74, 6) is 0.0199. The van der Waals surface area contributed by atoms with Gasteiger partial charge in [-0.25, -0.2) is 4.79 Å². The average molecular weight is 423 g/mol. The van der Waals surface area contributed by atoms with Gasteiger partial charge in [0, 0.05) is 22.2 Å². The van der Waals surface area contributed by atoms with E-state index in [-0.39, 0.29) is 17.2 Å². The van der Waals surface area contributed by atoms with Crippen molar-refractivity contribution in [1.82, 2.24) is 0 Å². The van der Waals surface area contributed by atoms with Crippen molar-refractivity contribution in [2.24, 2.45) is 0 Å². The molecule has 0 aliphatic rings. The third-order valence-corrected chi connectivity index (χ3v) is 5.97. The van der Waals surface area contributed by atoms with E-state index in [0.29, 0.717) is 22.7 Å². The van der Waals surface area contributed by atoms with Crippen molar-refractivity contribution in [2.75, 3.05) is 5.32 Å². The minimum Gasteiger partial charge on any atom is -0.478 e. The molecule has 0 saturated heterocycles. The Hall–Kier alpha value is -3.45. The van der Waals surface area contributed by atoms with Gasteiger partial charge in [0.15, 0.2) is 0 Å². The maximum atomic E-state index is 12.6. The lowest BCUT2D eigenvalue weighted by atomic mass is 10.1. The number of amides is 1. The normalized spacial score (nSPS) is 12.6. The first-order valence-corrected chi connectivity index (χ1v) is 10.6. The molecular formula is C23H21NO5S. The summed E-state index contributed by atoms with van der Waals surface area (Å²) in [4.78, 5) is 23.5. The number of rotatable bonds is 8. The van der Waals surface area contributed by atoms with Crippen molar-refractivity contribution in [3.05, 3.63) is 90.0 Å². The van der Waals surface area contributed by atoms with E-state index in [0.717, 1.165) is 0 Å². The number of carboxylic acid groups (broad SMARTS) is 1. The van der Waals surface area contributed by atoms with E-state index < -0.39 is 22.0 Å². The van der Waals surface area contributed by atoms with E-state index in [1.807, 2.05) is 30.3 Å². The molecule has 3 rings (SSSR count). The van der Waals surface area contributed by atoms with Gasteiger partial charge in [0.2, 0.25) is 5.91 Å². The zero-order valence-corrected chi connectivity index (χ0v) is 17.1. The van der Waals surface area contributed by atoms with Crippen molar-refractivity contribution in [2.45, 2.75) is 17.9 Å². The maximum Gasteiger partial charge on any atom is 0.335 e. The maximum absolute atomic E-state index is 12.6. The van der Waals surface area contributed by atoms with Gasteiger partial charge >= 0.3 is 5.97 Å². The van der Waals surface area contributed by atoms with Gasteiger partial charge in [0.05, 0.1) is 5.56 Å². The monoisotopic (exact) mass is 423 g/mol. The quantitative estimate of drug-likeness (QED) is 0.558. The number of carbonyl (C=O) groups is 2. The van der Waals surface area contributed by atoms with Crippen molar-refractivity contribution in [3.8, 4) is 11.5 Å². The summed E-state index contributed by atoms with van der Waals surface area (Å²) in [6.07, 6.45) is 0. The third kappa shape index (κ3) is 5.78. The number of para-hydroxylation sites is 1. The highest BCUT2D eigenvalue weighted by molar-refractivity contribution is 7.85. The van der Waals surface area contributed by atoms with Crippen LogP contribution in [0.5, 0.6) is 11.5 Å². The van der Waals surface area contributed by atoms with Crippen LogP contribution in [0.4, 0.5) is 5.69 Å². The smallest absolute Gasteiger partial charge is 0.335 e. The standard InChI is InChI=1S/C23H21NO5S/c1-16(30(28)15-17-6-5-7-18(14-17)23(26)27)22(25)24-19-10-12-21(13-11-19)29-20-8-3-2-4-9-20/h2-14,16H,15H2,1H3,(H,24,25)(H,26,27). The van der Waals surface area contributed by atoms with E-state index in [4.69, 9.17) is 9.84 Å². The zero-order valence-electron chi connectivity index (χ0n) is 16.3. The minimum atomic E-state index is -1.50. The van der Waals surface area contributed by atoms with Gasteiger partial charge in [0.25, 0.3) is 0 Å². The second-order valence-corrected chi connectivity index (χ2v) is 8.36. The first-order valence-electron chi connectivity index (χ1n) is 9.25. The lowest BCUT2D eigenvalue weighted by Crippen LogP contribution is -2.29. The summed E-state index contributed by atoms with van der Waals surface area (Å²) >= 11 is 0. The molecule has 6 nitrogen and oxygen atoms in total. The number of hydrogen-bond acceptors (Lipinski definition) is 4. The van der Waals surface area contributed by atoms with Gasteiger partial charge in [-0.05, 0) is 61.0 Å². The Morgan fingerprint density at radius 1 is 0.967 bits per heavy atom. The molecule has 0 aliphatic carbocycles. The lowest BCUT2D eigenvalue weighted by molar-refractivity contribution is -0.115. The number of anilines is 1. The Morgan fingerprint density at radius 3 is 2.30 bits per heavy atom. The fourth-order valence-corrected chi connectivity index (χ4v) is 3.73. The highest BCUT2D eigenvalue weighted by Crippen LogP contribution is 2.23. The zero-order chi connectivity index (χ0) is 21.5. The Balaban J connectivity index is 1.57. The Kier molecular flexibility index (Phi) is 6.98. The topological polar surface area (TPSA) is 92.7 Å². The molecule has 0 bridgehead atoms. The van der Waals surface area contributed by atoms with Gasteiger partial charge in [-0.2, -0.15) is 0 Å². The number of benzene rings is 3. The van der Waals surface area contributed by atoms with E-state index in [1.54, 1.807) is 43.3 Å². The highest BCUT2D eigenvalue weighted by atomic mass is 32.2. The first-order chi connectivity index (χ1) is 14.4. The number of nitrogens with one attached hydrogen (secondary N) is 1. The van der Waals surface area contributed by atoms with Crippen LogP contribution in [0.1, 0.15) is 22.8 Å². The van der Waals surface area contributed by atoms with Gasteiger partial charge in [-0.15, -0.1) is 0 Å². The fourth-order valence-electron chi connectivity index (χ4n) is 2.68. The van der Waals surface area contributed by atoms with Crippen LogP contribution in [-0.4, -0.2) is 26.4 Å². The largest absolute Gasteiger partial charge is 0.478 e. The Morgan fingerprint density at radius 2 is 1.63 bits per heavy atom. The predicted molar refractivity (Wildman–Crippen MR) is 116 cm³/mol. The molecule has 154 valence electrons. The predicted octanol–water partition coefficient (Wildman–Crippen LogP) is 4.45. The molecule has 0 aromatic heterocycles. The van der Waals surface area contributed by atoms with Gasteiger partial charge in [-0.3, -0.25) is 9.00 Å². The molecule has 0 radical (unpaired) electrons. The molecule has 0 saturated carbocycles. The number of ether oxygens (including phenoxy) is 1. The lowest BCUT2D eigenvalue weighted by Gasteiger charge is -2.13. The van der Waals surface area contributed by atoms with E-state index in [9.17, 15) is 13.8 Å². The summed E-state index contributed by atoms with van der Waals surface area (Å²) in [5.41, 5.74) is 1.30. The SMILES string of the molecule is CC(C(=O)Nc1ccc(Oc2ccccc2)cc1)S(=O)Cc1cccc(C(=O)O)c1. The molecule has 1 amide bonds. The number of aromatic carboxylic acids is 1.